The van der Waals surface area contributed by atoms with Crippen LogP contribution in [0.3, 0.4) is 0 Å². The van der Waals surface area contributed by atoms with Gasteiger partial charge in [0.05, 0.1) is 30.3 Å². The number of methoxy groups -OCH3 is 2. The number of anilines is 1. The van der Waals surface area contributed by atoms with Gasteiger partial charge in [-0.05, 0) is 24.6 Å². The van der Waals surface area contributed by atoms with Gasteiger partial charge in [0.25, 0.3) is 5.56 Å². The lowest BCUT2D eigenvalue weighted by Gasteiger charge is -2.13. The maximum absolute atomic E-state index is 12.4. The number of hydrogen-bond donors (Lipinski definition) is 1. The second kappa shape index (κ2) is 8.71. The monoisotopic (exact) mass is 402 g/mol. The Kier molecular flexibility index (Phi) is 6.10. The van der Waals surface area contributed by atoms with Crippen molar-refractivity contribution in [1.82, 2.24) is 15.0 Å². The Balaban J connectivity index is 1.63. The highest BCUT2D eigenvalue weighted by atomic mass is 35.5. The van der Waals surface area contributed by atoms with Crippen LogP contribution in [0.25, 0.3) is 10.9 Å². The zero-order valence-corrected chi connectivity index (χ0v) is 16.2. The second-order valence-corrected chi connectivity index (χ2v) is 6.38. The molecule has 0 aliphatic carbocycles. The first-order chi connectivity index (χ1) is 13.5. The van der Waals surface area contributed by atoms with Crippen LogP contribution >= 0.6 is 11.6 Å². The smallest absolute Gasteiger partial charge is 0.277 e. The minimum atomic E-state index is -0.235. The summed E-state index contributed by atoms with van der Waals surface area (Å²) < 4.78 is 11.7. The van der Waals surface area contributed by atoms with Crippen molar-refractivity contribution in [2.24, 2.45) is 0 Å². The van der Waals surface area contributed by atoms with E-state index in [1.165, 1.54) is 18.9 Å². The Labute approximate surface area is 166 Å². The molecule has 146 valence electrons. The van der Waals surface area contributed by atoms with Gasteiger partial charge in [-0.15, -0.1) is 5.10 Å². The van der Waals surface area contributed by atoms with Crippen LogP contribution in [0.2, 0.25) is 5.02 Å². The van der Waals surface area contributed by atoms with Crippen LogP contribution in [0.1, 0.15) is 12.8 Å². The number of ether oxygens (including phenoxy) is 2. The van der Waals surface area contributed by atoms with Gasteiger partial charge < -0.3 is 14.8 Å². The topological polar surface area (TPSA) is 95.3 Å². The Hall–Kier alpha value is -3.13. The number of rotatable bonds is 7. The fourth-order valence-corrected chi connectivity index (χ4v) is 2.97. The van der Waals surface area contributed by atoms with Gasteiger partial charge in [-0.3, -0.25) is 9.59 Å². The Bertz CT molecular complexity index is 1070. The lowest BCUT2D eigenvalue weighted by Crippen LogP contribution is -2.25. The summed E-state index contributed by atoms with van der Waals surface area (Å²) in [6.45, 7) is 0.282. The maximum Gasteiger partial charge on any atom is 0.277 e. The Morgan fingerprint density at radius 1 is 1.18 bits per heavy atom. The summed E-state index contributed by atoms with van der Waals surface area (Å²) in [5, 5.41) is 11.6. The van der Waals surface area contributed by atoms with E-state index in [1.54, 1.807) is 36.4 Å². The van der Waals surface area contributed by atoms with E-state index in [0.29, 0.717) is 39.5 Å². The number of carbonyl (C=O) groups is 1. The molecule has 1 amide bonds. The largest absolute Gasteiger partial charge is 0.495 e. The molecule has 1 heterocycles. The van der Waals surface area contributed by atoms with Gasteiger partial charge >= 0.3 is 0 Å². The number of nitrogens with one attached hydrogen (secondary N) is 1. The quantitative estimate of drug-likeness (QED) is 0.652. The minimum absolute atomic E-state index is 0.188. The molecule has 0 aliphatic heterocycles. The van der Waals surface area contributed by atoms with Crippen molar-refractivity contribution in [3.63, 3.8) is 0 Å². The van der Waals surface area contributed by atoms with Crippen molar-refractivity contribution < 1.29 is 14.3 Å². The number of hydrogen-bond acceptors (Lipinski definition) is 6. The van der Waals surface area contributed by atoms with Crippen molar-refractivity contribution in [1.29, 1.82) is 0 Å². The van der Waals surface area contributed by atoms with Crippen LogP contribution in [-0.4, -0.2) is 35.1 Å². The highest BCUT2D eigenvalue weighted by Crippen LogP contribution is 2.35. The molecule has 1 N–H and O–H groups in total. The molecule has 0 fully saturated rings. The molecule has 8 nitrogen and oxygen atoms in total. The van der Waals surface area contributed by atoms with E-state index in [1.807, 2.05) is 0 Å². The summed E-state index contributed by atoms with van der Waals surface area (Å²) in [6, 6.07) is 10.2. The molecule has 0 unspecified atom stereocenters. The van der Waals surface area contributed by atoms with E-state index in [2.05, 4.69) is 15.6 Å². The normalized spacial score (nSPS) is 10.7. The van der Waals surface area contributed by atoms with Crippen molar-refractivity contribution in [3.8, 4) is 11.5 Å². The molecule has 3 aromatic rings. The van der Waals surface area contributed by atoms with Crippen molar-refractivity contribution >= 4 is 34.1 Å². The predicted molar refractivity (Wildman–Crippen MR) is 106 cm³/mol. The number of aryl methyl sites for hydroxylation is 1. The van der Waals surface area contributed by atoms with Crippen molar-refractivity contribution in [2.45, 2.75) is 19.4 Å². The van der Waals surface area contributed by atoms with Gasteiger partial charge in [-0.2, -0.15) is 0 Å². The number of carbonyl (C=O) groups excluding carboxylic acids is 1. The number of halogens is 1. The highest BCUT2D eigenvalue weighted by Gasteiger charge is 2.13. The summed E-state index contributed by atoms with van der Waals surface area (Å²) in [4.78, 5) is 24.7. The van der Waals surface area contributed by atoms with Crippen LogP contribution in [0.5, 0.6) is 11.5 Å². The van der Waals surface area contributed by atoms with E-state index in [4.69, 9.17) is 21.1 Å². The van der Waals surface area contributed by atoms with Gasteiger partial charge in [0.15, 0.2) is 0 Å². The lowest BCUT2D eigenvalue weighted by molar-refractivity contribution is -0.116. The first-order valence-electron chi connectivity index (χ1n) is 8.57. The summed E-state index contributed by atoms with van der Waals surface area (Å²) in [6.07, 6.45) is 0.610. The predicted octanol–water partition coefficient (Wildman–Crippen LogP) is 2.88. The molecule has 9 heteroatoms. The number of benzene rings is 2. The molecule has 0 saturated carbocycles. The Morgan fingerprint density at radius 2 is 1.93 bits per heavy atom. The lowest BCUT2D eigenvalue weighted by atomic mass is 10.2. The average Bonchev–Trinajstić information content (AvgIpc) is 2.70. The maximum atomic E-state index is 12.4. The van der Waals surface area contributed by atoms with Crippen LogP contribution < -0.4 is 20.3 Å². The van der Waals surface area contributed by atoms with Gasteiger partial charge in [0.1, 0.15) is 17.0 Å². The molecule has 0 spiro atoms. The molecule has 0 saturated heterocycles. The van der Waals surface area contributed by atoms with E-state index in [0.717, 1.165) is 0 Å². The Morgan fingerprint density at radius 3 is 2.68 bits per heavy atom. The highest BCUT2D eigenvalue weighted by molar-refractivity contribution is 6.32. The fourth-order valence-electron chi connectivity index (χ4n) is 2.73. The molecule has 0 aliphatic rings. The molecule has 3 rings (SSSR count). The summed E-state index contributed by atoms with van der Waals surface area (Å²) in [7, 11) is 2.99. The molecule has 0 bridgehead atoms. The van der Waals surface area contributed by atoms with E-state index < -0.39 is 0 Å². The van der Waals surface area contributed by atoms with Gasteiger partial charge in [0.2, 0.25) is 5.91 Å². The SMILES string of the molecule is COc1cc(OC)c(NC(=O)CCCn2nnc3ccccc3c2=O)cc1Cl. The average molecular weight is 403 g/mol. The third-order valence-electron chi connectivity index (χ3n) is 4.15. The first-order valence-corrected chi connectivity index (χ1v) is 8.95. The molecule has 2 aromatic carbocycles. The summed E-state index contributed by atoms with van der Waals surface area (Å²) >= 11 is 6.11. The van der Waals surface area contributed by atoms with Crippen LogP contribution in [-0.2, 0) is 11.3 Å². The minimum Gasteiger partial charge on any atom is -0.495 e. The third kappa shape index (κ3) is 4.23. The second-order valence-electron chi connectivity index (χ2n) is 5.97. The molecular formula is C19H19ClN4O4. The molecule has 0 atom stereocenters. The van der Waals surface area contributed by atoms with Crippen molar-refractivity contribution in [3.05, 3.63) is 51.8 Å². The summed E-state index contributed by atoms with van der Waals surface area (Å²) in [5.74, 6) is 0.651. The molecule has 1 aromatic heterocycles. The fraction of sp³-hybridized carbons (Fsp3) is 0.263. The van der Waals surface area contributed by atoms with Gasteiger partial charge in [0, 0.05) is 19.0 Å². The van der Waals surface area contributed by atoms with Crippen LogP contribution in [0, 0.1) is 0 Å². The molecular weight excluding hydrogens is 384 g/mol. The number of amides is 1. The molecule has 28 heavy (non-hydrogen) atoms. The van der Waals surface area contributed by atoms with E-state index >= 15 is 0 Å². The third-order valence-corrected chi connectivity index (χ3v) is 4.45. The summed E-state index contributed by atoms with van der Waals surface area (Å²) in [5.41, 5.74) is 0.764. The van der Waals surface area contributed by atoms with E-state index in [-0.39, 0.29) is 24.4 Å². The number of aromatic nitrogens is 3. The van der Waals surface area contributed by atoms with E-state index in [9.17, 15) is 9.59 Å². The van der Waals surface area contributed by atoms with Crippen molar-refractivity contribution in [2.75, 3.05) is 19.5 Å². The first kappa shape index (κ1) is 19.6. The van der Waals surface area contributed by atoms with Crippen LogP contribution in [0.15, 0.2) is 41.2 Å². The van der Waals surface area contributed by atoms with Gasteiger partial charge in [-0.1, -0.05) is 28.9 Å². The molecule has 0 radical (unpaired) electrons. The number of fused-ring (bicyclic) bond motifs is 1. The van der Waals surface area contributed by atoms with Gasteiger partial charge in [-0.25, -0.2) is 4.68 Å². The van der Waals surface area contributed by atoms with Crippen LogP contribution in [0.4, 0.5) is 5.69 Å². The standard InChI is InChI=1S/C19H19ClN4O4/c1-27-16-11-17(28-2)15(10-13(16)20)21-18(25)8-5-9-24-19(26)12-6-3-4-7-14(12)22-23-24/h3-4,6-7,10-11H,5,8-9H2,1-2H3,(H,21,25). The zero-order chi connectivity index (χ0) is 20.1. The zero-order valence-electron chi connectivity index (χ0n) is 15.4. The number of nitrogens with zero attached hydrogens (tertiary/aromatic N) is 3.